The summed E-state index contributed by atoms with van der Waals surface area (Å²) in [6.45, 7) is 9.97. The second-order valence-corrected chi connectivity index (χ2v) is 27.7. The van der Waals surface area contributed by atoms with Gasteiger partial charge in [0.2, 0.25) is 0 Å². The molecule has 0 amide bonds. The standard InChI is InChI=1S/C54H77N5O5S2/c1-50(2)22-29(59-18-17-57-27-59)26-66-65-25-28-19-37-43-31(30-9-7-10-32-42(30)44(48(43)63)47(50)33-11-8-16-53(45(32)33)14-5-6-15-53)12-13-35-34(24-58-49(55)56)46-38(54(28,64)52(35,37)4)21-39(60)36-20-40(61)41(62)23-51(36,46)3/h17-18,21,27-31,34-37,40-41,43-46,48,61-64H,5-16,19-20,22-26H2,1-4H3,(H4,55,56,58). The van der Waals surface area contributed by atoms with Gasteiger partial charge in [0.1, 0.15) is 0 Å². The molecule has 10 nitrogen and oxygen atoms in total. The Kier molecular flexibility index (Phi) is 10.7. The third kappa shape index (κ3) is 6.05. The smallest absolute Gasteiger partial charge is 0.185 e. The van der Waals surface area contributed by atoms with Gasteiger partial charge in [-0.05, 0) is 159 Å². The van der Waals surface area contributed by atoms with Gasteiger partial charge in [0, 0.05) is 65.6 Å². The summed E-state index contributed by atoms with van der Waals surface area (Å²) in [4.78, 5) is 24.2. The van der Waals surface area contributed by atoms with E-state index >= 15 is 0 Å². The molecule has 18 atom stereocenters. The number of nitrogens with zero attached hydrogens (tertiary/aromatic N) is 3. The molecule has 4 bridgehead atoms. The molecule has 1 aromatic heterocycles. The van der Waals surface area contributed by atoms with Crippen LogP contribution in [0.4, 0.5) is 0 Å². The third-order valence-electron chi connectivity index (χ3n) is 22.2. The first-order valence-electron chi connectivity index (χ1n) is 26.3. The summed E-state index contributed by atoms with van der Waals surface area (Å²) in [5.41, 5.74) is 17.4. The Bertz CT molecular complexity index is 2260. The second kappa shape index (κ2) is 15.7. The van der Waals surface area contributed by atoms with Crippen molar-refractivity contribution in [3.8, 4) is 0 Å². The van der Waals surface area contributed by atoms with Crippen molar-refractivity contribution in [1.82, 2.24) is 9.55 Å². The fraction of sp³-hybridized carbons (Fsp3) is 0.796. The van der Waals surface area contributed by atoms with Crippen molar-refractivity contribution in [1.29, 1.82) is 0 Å². The number of aliphatic hydroxyl groups excluding tert-OH is 3. The number of aromatic nitrogens is 2. The summed E-state index contributed by atoms with van der Waals surface area (Å²) in [6, 6.07) is 0.201. The van der Waals surface area contributed by atoms with E-state index in [1.807, 2.05) is 40.2 Å². The lowest BCUT2D eigenvalue weighted by Gasteiger charge is -2.66. The van der Waals surface area contributed by atoms with Gasteiger partial charge < -0.3 is 36.5 Å². The van der Waals surface area contributed by atoms with E-state index < -0.39 is 40.7 Å². The highest BCUT2D eigenvalue weighted by Crippen LogP contribution is 2.78. The first kappa shape index (κ1) is 45.1. The van der Waals surface area contributed by atoms with E-state index in [0.717, 1.165) is 62.0 Å². The predicted molar refractivity (Wildman–Crippen MR) is 262 cm³/mol. The van der Waals surface area contributed by atoms with Gasteiger partial charge in [-0.15, -0.1) is 0 Å². The second-order valence-electron chi connectivity index (χ2n) is 25.1. The molecule has 12 rings (SSSR count). The quantitative estimate of drug-likeness (QED) is 0.0749. The highest BCUT2D eigenvalue weighted by atomic mass is 33.1. The number of hydrogen-bond acceptors (Lipinski definition) is 9. The molecule has 1 saturated heterocycles. The van der Waals surface area contributed by atoms with Crippen LogP contribution in [-0.2, 0) is 4.79 Å². The molecule has 0 radical (unpaired) electrons. The summed E-state index contributed by atoms with van der Waals surface area (Å²) in [6.07, 6.45) is 22.1. The molecule has 7 saturated carbocycles. The zero-order chi connectivity index (χ0) is 45.9. The van der Waals surface area contributed by atoms with E-state index in [1.165, 1.54) is 44.9 Å². The van der Waals surface area contributed by atoms with Crippen LogP contribution in [0.1, 0.15) is 136 Å². The van der Waals surface area contributed by atoms with Gasteiger partial charge in [-0.3, -0.25) is 9.79 Å². The maximum absolute atomic E-state index is 14.8. The number of aliphatic hydroxyl groups is 4. The van der Waals surface area contributed by atoms with Crippen LogP contribution in [0, 0.1) is 86.8 Å². The fourth-order valence-corrected chi connectivity index (χ4v) is 22.9. The predicted octanol–water partition coefficient (Wildman–Crippen LogP) is 8.18. The lowest BCUT2D eigenvalue weighted by molar-refractivity contribution is -0.191. The molecular formula is C54H77N5O5S2. The molecule has 18 unspecified atom stereocenters. The SMILES string of the molecule is CC1(C)CC(n2ccnc2)CSSCC2CC3C4C(O)C5C6=C(CCCC6C4CCC4C(CN=C(N)N)C6C(=CC(=O)C7CC(O)C(O)CC76C)C2(O)C43C)C2C(=C51)CCCC21CCCC1. The van der Waals surface area contributed by atoms with Crippen LogP contribution in [0.3, 0.4) is 0 Å². The van der Waals surface area contributed by atoms with E-state index in [0.29, 0.717) is 23.8 Å². The molecule has 1 aliphatic heterocycles. The highest BCUT2D eigenvalue weighted by molar-refractivity contribution is 8.76. The fourth-order valence-electron chi connectivity index (χ4n) is 20.2. The molecule has 8 fully saturated rings. The maximum Gasteiger partial charge on any atom is 0.185 e. The normalized spacial score (nSPS) is 48.8. The molecule has 12 heteroatoms. The molecule has 11 aliphatic rings. The van der Waals surface area contributed by atoms with Crippen LogP contribution in [0.5, 0.6) is 0 Å². The summed E-state index contributed by atoms with van der Waals surface area (Å²) in [5.74, 6) is 1.80. The summed E-state index contributed by atoms with van der Waals surface area (Å²) in [5, 5.41) is 51.3. The Morgan fingerprint density at radius 1 is 0.909 bits per heavy atom. The molecular weight excluding hydrogens is 863 g/mol. The first-order valence-corrected chi connectivity index (χ1v) is 28.8. The van der Waals surface area contributed by atoms with Crippen molar-refractivity contribution in [3.05, 3.63) is 52.7 Å². The van der Waals surface area contributed by atoms with Crippen LogP contribution in [0.25, 0.3) is 0 Å². The van der Waals surface area contributed by atoms with Crippen molar-refractivity contribution in [2.45, 2.75) is 160 Å². The average Bonchev–Trinajstić information content (AvgIpc) is 4.01. The van der Waals surface area contributed by atoms with Crippen molar-refractivity contribution >= 4 is 33.3 Å². The minimum absolute atomic E-state index is 0.00634. The van der Waals surface area contributed by atoms with Crippen molar-refractivity contribution in [3.63, 3.8) is 0 Å². The number of guanidine groups is 1. The van der Waals surface area contributed by atoms with Crippen molar-refractivity contribution in [2.24, 2.45) is 103 Å². The van der Waals surface area contributed by atoms with Gasteiger partial charge in [0.05, 0.1) is 30.2 Å². The van der Waals surface area contributed by atoms with Crippen molar-refractivity contribution < 1.29 is 25.2 Å². The Balaban J connectivity index is 1.09. The number of allylic oxidation sites excluding steroid dienone is 3. The number of fused-ring (bicyclic) bond motifs is 10. The molecule has 360 valence electrons. The molecule has 0 aromatic carbocycles. The van der Waals surface area contributed by atoms with Gasteiger partial charge in [0.15, 0.2) is 11.7 Å². The molecule has 66 heavy (non-hydrogen) atoms. The monoisotopic (exact) mass is 940 g/mol. The van der Waals surface area contributed by atoms with Crippen LogP contribution in [0.15, 0.2) is 57.7 Å². The van der Waals surface area contributed by atoms with Crippen molar-refractivity contribution in [2.75, 3.05) is 18.1 Å². The largest absolute Gasteiger partial charge is 0.392 e. The van der Waals surface area contributed by atoms with Gasteiger partial charge >= 0.3 is 0 Å². The Morgan fingerprint density at radius 2 is 1.67 bits per heavy atom. The minimum atomic E-state index is -1.33. The molecule has 1 aromatic rings. The number of carbonyl (C=O) groups is 1. The number of hydrogen-bond donors (Lipinski definition) is 6. The highest BCUT2D eigenvalue weighted by Gasteiger charge is 2.77. The Morgan fingerprint density at radius 3 is 2.42 bits per heavy atom. The van der Waals surface area contributed by atoms with E-state index in [4.69, 9.17) is 16.5 Å². The molecule has 1 spiro atoms. The zero-order valence-corrected chi connectivity index (χ0v) is 41.5. The van der Waals surface area contributed by atoms with Gasteiger partial charge in [-0.1, -0.05) is 84.4 Å². The number of ketones is 1. The number of imidazole rings is 1. The topological polar surface area (TPSA) is 180 Å². The lowest BCUT2D eigenvalue weighted by Crippen LogP contribution is -2.68. The van der Waals surface area contributed by atoms with E-state index in [2.05, 4.69) is 43.4 Å². The summed E-state index contributed by atoms with van der Waals surface area (Å²) in [7, 11) is 3.80. The number of aliphatic imine (C=N–C) groups is 1. The minimum Gasteiger partial charge on any atom is -0.392 e. The Hall–Kier alpha value is -2.09. The number of carbonyl (C=O) groups excluding carboxylic acids is 1. The number of rotatable bonds is 3. The van der Waals surface area contributed by atoms with Crippen LogP contribution >= 0.6 is 21.6 Å². The average molecular weight is 940 g/mol. The summed E-state index contributed by atoms with van der Waals surface area (Å²) >= 11 is 0. The first-order chi connectivity index (χ1) is 31.5. The van der Waals surface area contributed by atoms with Gasteiger partial charge in [-0.25, -0.2) is 4.98 Å². The number of nitrogens with two attached hydrogens (primary N) is 2. The lowest BCUT2D eigenvalue weighted by atomic mass is 9.39. The van der Waals surface area contributed by atoms with Gasteiger partial charge in [0.25, 0.3) is 0 Å². The van der Waals surface area contributed by atoms with Gasteiger partial charge in [-0.2, -0.15) is 0 Å². The van der Waals surface area contributed by atoms with E-state index in [1.54, 1.807) is 22.3 Å². The van der Waals surface area contributed by atoms with Crippen LogP contribution < -0.4 is 11.5 Å². The molecule has 2 heterocycles. The van der Waals surface area contributed by atoms with Crippen LogP contribution in [0.2, 0.25) is 0 Å². The van der Waals surface area contributed by atoms with Crippen LogP contribution in [-0.4, -0.2) is 83.7 Å². The molecule has 8 N–H and O–H groups in total. The third-order valence-corrected chi connectivity index (χ3v) is 24.8. The summed E-state index contributed by atoms with van der Waals surface area (Å²) < 4.78 is 2.34. The molecule has 10 aliphatic carbocycles. The van der Waals surface area contributed by atoms with E-state index in [9.17, 15) is 25.2 Å². The zero-order valence-electron chi connectivity index (χ0n) is 39.9. The van der Waals surface area contributed by atoms with E-state index in [-0.39, 0.29) is 83.4 Å². The Labute approximate surface area is 400 Å². The maximum atomic E-state index is 14.8.